The molecule has 0 aliphatic rings. The summed E-state index contributed by atoms with van der Waals surface area (Å²) in [5, 5.41) is 16.9. The predicted molar refractivity (Wildman–Crippen MR) is 127 cm³/mol. The van der Waals surface area contributed by atoms with Crippen molar-refractivity contribution in [1.29, 1.82) is 0 Å². The lowest BCUT2D eigenvalue weighted by molar-refractivity contribution is -0.384. The molecule has 0 saturated heterocycles. The zero-order valence-electron chi connectivity index (χ0n) is 17.8. The number of hydrogen-bond acceptors (Lipinski definition) is 4. The van der Waals surface area contributed by atoms with Gasteiger partial charge in [0, 0.05) is 39.8 Å². The summed E-state index contributed by atoms with van der Waals surface area (Å²) in [5.74, 6) is 0. The molecule has 4 rings (SSSR count). The van der Waals surface area contributed by atoms with Crippen LogP contribution in [0.1, 0.15) is 22.4 Å². The van der Waals surface area contributed by atoms with Crippen molar-refractivity contribution in [2.24, 2.45) is 5.10 Å². The Morgan fingerprint density at radius 3 is 2.53 bits per heavy atom. The molecule has 1 aromatic heterocycles. The lowest BCUT2D eigenvalue weighted by Gasteiger charge is -2.10. The van der Waals surface area contributed by atoms with Crippen LogP contribution in [0.25, 0.3) is 10.9 Å². The van der Waals surface area contributed by atoms with Crippen molar-refractivity contribution in [3.05, 3.63) is 104 Å². The molecular formula is C24H18ClF3N4O2. The van der Waals surface area contributed by atoms with Crippen LogP contribution in [0.5, 0.6) is 0 Å². The van der Waals surface area contributed by atoms with E-state index in [1.165, 1.54) is 6.21 Å². The average Bonchev–Trinajstić information content (AvgIpc) is 3.06. The highest BCUT2D eigenvalue weighted by Crippen LogP contribution is 2.35. The van der Waals surface area contributed by atoms with Crippen LogP contribution in [-0.4, -0.2) is 15.7 Å². The van der Waals surface area contributed by atoms with Gasteiger partial charge in [-0.25, -0.2) is 0 Å². The van der Waals surface area contributed by atoms with Gasteiger partial charge in [0.25, 0.3) is 5.69 Å². The summed E-state index contributed by atoms with van der Waals surface area (Å²) >= 11 is 6.34. The number of nitrogens with one attached hydrogen (secondary N) is 1. The molecule has 0 amide bonds. The monoisotopic (exact) mass is 486 g/mol. The van der Waals surface area contributed by atoms with Crippen LogP contribution in [-0.2, 0) is 12.7 Å². The average molecular weight is 487 g/mol. The number of halogens is 4. The van der Waals surface area contributed by atoms with Crippen molar-refractivity contribution >= 4 is 40.1 Å². The number of para-hydroxylation sites is 1. The maximum absolute atomic E-state index is 12.9. The number of aromatic nitrogens is 1. The highest BCUT2D eigenvalue weighted by Gasteiger charge is 2.33. The summed E-state index contributed by atoms with van der Waals surface area (Å²) in [6, 6.07) is 17.5. The maximum Gasteiger partial charge on any atom is 0.416 e. The van der Waals surface area contributed by atoms with Gasteiger partial charge in [0.2, 0.25) is 0 Å². The number of benzene rings is 3. The van der Waals surface area contributed by atoms with Gasteiger partial charge in [-0.3, -0.25) is 15.5 Å². The van der Waals surface area contributed by atoms with E-state index in [-0.39, 0.29) is 5.69 Å². The minimum atomic E-state index is -4.69. The summed E-state index contributed by atoms with van der Waals surface area (Å²) in [7, 11) is 0. The van der Waals surface area contributed by atoms with E-state index >= 15 is 0 Å². The molecule has 174 valence electrons. The number of nitrogens with zero attached hydrogens (tertiary/aromatic N) is 3. The summed E-state index contributed by atoms with van der Waals surface area (Å²) < 4.78 is 40.9. The third-order valence-corrected chi connectivity index (χ3v) is 5.84. The van der Waals surface area contributed by atoms with E-state index in [1.807, 2.05) is 55.5 Å². The Morgan fingerprint density at radius 2 is 1.82 bits per heavy atom. The molecule has 0 spiro atoms. The van der Waals surface area contributed by atoms with E-state index in [0.717, 1.165) is 39.9 Å². The minimum Gasteiger partial charge on any atom is -0.340 e. The number of fused-ring (bicyclic) bond motifs is 1. The van der Waals surface area contributed by atoms with Crippen molar-refractivity contribution in [2.45, 2.75) is 19.6 Å². The zero-order valence-corrected chi connectivity index (χ0v) is 18.6. The third-order valence-electron chi connectivity index (χ3n) is 5.47. The van der Waals surface area contributed by atoms with Crippen molar-refractivity contribution in [3.8, 4) is 0 Å². The van der Waals surface area contributed by atoms with Gasteiger partial charge >= 0.3 is 6.18 Å². The topological polar surface area (TPSA) is 72.5 Å². The fourth-order valence-corrected chi connectivity index (χ4v) is 3.94. The molecule has 0 atom stereocenters. The molecule has 0 unspecified atom stereocenters. The van der Waals surface area contributed by atoms with Crippen molar-refractivity contribution < 1.29 is 18.1 Å². The molecule has 0 saturated carbocycles. The van der Waals surface area contributed by atoms with E-state index in [9.17, 15) is 23.3 Å². The number of hydrazone groups is 1. The first-order valence-electron chi connectivity index (χ1n) is 10.1. The largest absolute Gasteiger partial charge is 0.416 e. The summed E-state index contributed by atoms with van der Waals surface area (Å²) in [6.45, 7) is 2.44. The molecule has 0 fully saturated rings. The van der Waals surface area contributed by atoms with Crippen LogP contribution in [0.15, 0.2) is 71.8 Å². The molecule has 1 N–H and O–H groups in total. The Morgan fingerprint density at radius 1 is 1.12 bits per heavy atom. The summed E-state index contributed by atoms with van der Waals surface area (Å²) in [5.41, 5.74) is 4.08. The first-order chi connectivity index (χ1) is 16.2. The second-order valence-electron chi connectivity index (χ2n) is 7.55. The highest BCUT2D eigenvalue weighted by molar-refractivity contribution is 6.31. The van der Waals surface area contributed by atoms with Gasteiger partial charge in [-0.15, -0.1) is 0 Å². The fourth-order valence-electron chi connectivity index (χ4n) is 3.74. The van der Waals surface area contributed by atoms with E-state index in [0.29, 0.717) is 17.6 Å². The van der Waals surface area contributed by atoms with E-state index < -0.39 is 22.4 Å². The van der Waals surface area contributed by atoms with Crippen LogP contribution in [0, 0.1) is 17.0 Å². The molecule has 1 heterocycles. The van der Waals surface area contributed by atoms with Crippen LogP contribution in [0.3, 0.4) is 0 Å². The fraction of sp³-hybridized carbons (Fsp3) is 0.125. The molecule has 4 aromatic rings. The molecular weight excluding hydrogens is 469 g/mol. The Labute approximate surface area is 197 Å². The zero-order chi connectivity index (χ0) is 24.5. The SMILES string of the molecule is Cc1c(/C=N\Nc2ccc(C(F)(F)F)cc2[N+](=O)[O-])c2ccccc2n1Cc1ccccc1Cl. The Balaban J connectivity index is 1.68. The van der Waals surface area contributed by atoms with Crippen molar-refractivity contribution in [2.75, 3.05) is 5.43 Å². The predicted octanol–water partition coefficient (Wildman–Crippen LogP) is 7.02. The smallest absolute Gasteiger partial charge is 0.340 e. The van der Waals surface area contributed by atoms with Gasteiger partial charge in [0.05, 0.1) is 16.7 Å². The van der Waals surface area contributed by atoms with E-state index in [4.69, 9.17) is 11.6 Å². The first-order valence-corrected chi connectivity index (χ1v) is 10.5. The van der Waals surface area contributed by atoms with Crippen LogP contribution in [0.2, 0.25) is 5.02 Å². The molecule has 0 bridgehead atoms. The normalized spacial score (nSPS) is 11.9. The standard InChI is InChI=1S/C24H18ClF3N4O2/c1-15-19(13-29-30-21-11-10-17(24(26,27)28)12-23(21)32(33)34)18-7-3-5-9-22(18)31(15)14-16-6-2-4-8-20(16)25/h2-13,30H,14H2,1H3/b29-13-. The van der Waals surface area contributed by atoms with E-state index in [2.05, 4.69) is 15.1 Å². The Hall–Kier alpha value is -3.85. The molecule has 34 heavy (non-hydrogen) atoms. The van der Waals surface area contributed by atoms with E-state index in [1.54, 1.807) is 0 Å². The van der Waals surface area contributed by atoms with Gasteiger partial charge in [-0.05, 0) is 36.8 Å². The summed E-state index contributed by atoms with van der Waals surface area (Å²) in [6.07, 6.45) is -3.19. The first kappa shape index (κ1) is 23.3. The van der Waals surface area contributed by atoms with Crippen LogP contribution < -0.4 is 5.43 Å². The number of anilines is 1. The Bertz CT molecular complexity index is 1410. The molecule has 6 nitrogen and oxygen atoms in total. The van der Waals surface area contributed by atoms with Crippen molar-refractivity contribution in [1.82, 2.24) is 4.57 Å². The van der Waals surface area contributed by atoms with Gasteiger partial charge in [-0.1, -0.05) is 48.0 Å². The number of nitro benzene ring substituents is 1. The maximum atomic E-state index is 12.9. The second-order valence-corrected chi connectivity index (χ2v) is 7.96. The van der Waals surface area contributed by atoms with Gasteiger partial charge in [0.1, 0.15) is 5.69 Å². The lowest BCUT2D eigenvalue weighted by Crippen LogP contribution is -2.06. The van der Waals surface area contributed by atoms with Crippen LogP contribution in [0.4, 0.5) is 24.5 Å². The number of nitro groups is 1. The molecule has 0 aliphatic carbocycles. The lowest BCUT2D eigenvalue weighted by atomic mass is 10.1. The third kappa shape index (κ3) is 4.60. The summed E-state index contributed by atoms with van der Waals surface area (Å²) in [4.78, 5) is 10.4. The minimum absolute atomic E-state index is 0.147. The second kappa shape index (κ2) is 9.18. The molecule has 10 heteroatoms. The number of alkyl halides is 3. The molecule has 0 radical (unpaired) electrons. The van der Waals surface area contributed by atoms with Crippen LogP contribution >= 0.6 is 11.6 Å². The molecule has 0 aliphatic heterocycles. The quantitative estimate of drug-likeness (QED) is 0.181. The number of hydrogen-bond donors (Lipinski definition) is 1. The Kier molecular flexibility index (Phi) is 6.30. The number of rotatable bonds is 6. The van der Waals surface area contributed by atoms with Gasteiger partial charge in [0.15, 0.2) is 0 Å². The van der Waals surface area contributed by atoms with Crippen molar-refractivity contribution in [3.63, 3.8) is 0 Å². The molecule has 3 aromatic carbocycles. The highest BCUT2D eigenvalue weighted by atomic mass is 35.5. The van der Waals surface area contributed by atoms with Gasteiger partial charge < -0.3 is 4.57 Å². The van der Waals surface area contributed by atoms with Gasteiger partial charge in [-0.2, -0.15) is 18.3 Å².